The van der Waals surface area contributed by atoms with Gasteiger partial charge in [-0.25, -0.2) is 16.8 Å². The third-order valence-electron chi connectivity index (χ3n) is 1.89. The zero-order valence-corrected chi connectivity index (χ0v) is 10.8. The Bertz CT molecular complexity index is 552. The van der Waals surface area contributed by atoms with Crippen molar-refractivity contribution in [3.8, 4) is 0 Å². The van der Waals surface area contributed by atoms with Gasteiger partial charge in [-0.3, -0.25) is 0 Å². The summed E-state index contributed by atoms with van der Waals surface area (Å²) >= 11 is 0. The van der Waals surface area contributed by atoms with E-state index in [0.29, 0.717) is 5.56 Å². The molecule has 1 aromatic rings. The summed E-state index contributed by atoms with van der Waals surface area (Å²) in [5.41, 5.74) is 0.548. The molecule has 1 aromatic carbocycles. The monoisotopic (exact) mass is 277 g/mol. The predicted molar refractivity (Wildman–Crippen MR) is 63.8 cm³/mol. The van der Waals surface area contributed by atoms with Crippen molar-refractivity contribution in [2.24, 2.45) is 0 Å². The lowest BCUT2D eigenvalue weighted by atomic mass is 10.2. The molecule has 0 aromatic heterocycles. The molecule has 0 aliphatic heterocycles. The summed E-state index contributed by atoms with van der Waals surface area (Å²) in [6.07, 6.45) is 0. The highest BCUT2D eigenvalue weighted by molar-refractivity contribution is 7.92. The molecule has 0 bridgehead atoms. The predicted octanol–water partition coefficient (Wildman–Crippen LogP) is -0.0249. The second kappa shape index (κ2) is 5.58. The molecule has 1 rings (SSSR count). The average Bonchev–Trinajstić information content (AvgIpc) is 2.28. The molecule has 0 saturated carbocycles. The fraction of sp³-hybridized carbons (Fsp3) is 0.333. The number of hydrogen-bond donors (Lipinski definition) is 1. The van der Waals surface area contributed by atoms with Crippen molar-refractivity contribution in [1.82, 2.24) is 9.66 Å². The van der Waals surface area contributed by atoms with Crippen LogP contribution in [0.5, 0.6) is 0 Å². The smallest absolute Gasteiger partial charge is 0.211 e. The second-order valence-corrected chi connectivity index (χ2v) is 6.92. The van der Waals surface area contributed by atoms with Gasteiger partial charge in [-0.05, 0) is 17.3 Å². The van der Waals surface area contributed by atoms with E-state index in [1.807, 2.05) is 0 Å². The largest absolute Gasteiger partial charge is 0.247 e. The van der Waals surface area contributed by atoms with E-state index in [0.717, 1.165) is 0 Å². The lowest BCUT2D eigenvalue weighted by Gasteiger charge is -2.05. The maximum atomic E-state index is 11.5. The van der Waals surface area contributed by atoms with E-state index in [9.17, 15) is 16.8 Å². The lowest BCUT2D eigenvalue weighted by molar-refractivity contribution is 0.555. The molecule has 0 aliphatic carbocycles. The summed E-state index contributed by atoms with van der Waals surface area (Å²) in [7, 11) is -7.48. The number of sulfonamides is 2. The minimum absolute atomic E-state index is 0.225. The highest BCUT2D eigenvalue weighted by atomic mass is 32.2. The first-order valence-electron chi connectivity index (χ1n) is 4.83. The van der Waals surface area contributed by atoms with Crippen LogP contribution in [0.4, 0.5) is 0 Å². The van der Waals surface area contributed by atoms with Crippen molar-refractivity contribution in [2.45, 2.75) is 12.7 Å². The van der Waals surface area contributed by atoms with Gasteiger partial charge >= 0.3 is 0 Å². The molecule has 0 aliphatic rings. The van der Waals surface area contributed by atoms with Crippen LogP contribution in [0.15, 0.2) is 30.3 Å². The summed E-state index contributed by atoms with van der Waals surface area (Å²) in [6.45, 7) is 1.39. The molecule has 95 valence electrons. The zero-order chi connectivity index (χ0) is 12.9. The molecular weight excluding hydrogens is 264 g/mol. The maximum absolute atomic E-state index is 11.5. The maximum Gasteiger partial charge on any atom is 0.247 e. The summed E-state index contributed by atoms with van der Waals surface area (Å²) in [5.74, 6) is -0.558. The van der Waals surface area contributed by atoms with Crippen LogP contribution < -0.4 is 9.66 Å². The molecule has 0 heterocycles. The van der Waals surface area contributed by atoms with Crippen molar-refractivity contribution in [3.63, 3.8) is 0 Å². The van der Waals surface area contributed by atoms with Gasteiger partial charge in [-0.1, -0.05) is 30.3 Å². The normalized spacial score (nSPS) is 12.5. The van der Waals surface area contributed by atoms with Crippen LogP contribution >= 0.6 is 0 Å². The Hall–Kier alpha value is -0.960. The van der Waals surface area contributed by atoms with Crippen LogP contribution in [0.1, 0.15) is 12.5 Å². The Morgan fingerprint density at radius 2 is 1.71 bits per heavy atom. The van der Waals surface area contributed by atoms with Gasteiger partial charge in [0.05, 0.1) is 11.5 Å². The van der Waals surface area contributed by atoms with E-state index >= 15 is 0 Å². The molecule has 0 unspecified atom stereocenters. The van der Waals surface area contributed by atoms with Gasteiger partial charge in [-0.15, -0.1) is 4.83 Å². The van der Waals surface area contributed by atoms with Crippen molar-refractivity contribution in [1.29, 1.82) is 0 Å². The Balaban J connectivity index is 2.65. The average molecular weight is 277 g/mol. The van der Waals surface area contributed by atoms with Gasteiger partial charge in [0, 0.05) is 0 Å². The van der Waals surface area contributed by atoms with Crippen LogP contribution in [0.25, 0.3) is 0 Å². The van der Waals surface area contributed by atoms with Gasteiger partial charge in [-0.2, -0.15) is 0 Å². The summed E-state index contributed by atoms with van der Waals surface area (Å²) < 4.78 is 45.0. The molecule has 8 heteroatoms. The van der Waals surface area contributed by atoms with Crippen molar-refractivity contribution in [3.05, 3.63) is 35.9 Å². The molecule has 0 amide bonds. The highest BCUT2D eigenvalue weighted by Crippen LogP contribution is 2.04. The molecule has 1 N–H and O–H groups in total. The lowest BCUT2D eigenvalue weighted by Crippen LogP contribution is -2.37. The fourth-order valence-electron chi connectivity index (χ4n) is 0.995. The van der Waals surface area contributed by atoms with Gasteiger partial charge in [0.15, 0.2) is 0 Å². The molecule has 0 atom stereocenters. The fourth-order valence-corrected chi connectivity index (χ4v) is 2.71. The van der Waals surface area contributed by atoms with Gasteiger partial charge in [0.1, 0.15) is 0 Å². The van der Waals surface area contributed by atoms with E-state index in [1.165, 1.54) is 6.92 Å². The third kappa shape index (κ3) is 5.26. The zero-order valence-electron chi connectivity index (χ0n) is 9.20. The quantitative estimate of drug-likeness (QED) is 0.739. The Labute approximate surface area is 101 Å². The molecule has 6 nitrogen and oxygen atoms in total. The third-order valence-corrected chi connectivity index (χ3v) is 4.20. The van der Waals surface area contributed by atoms with E-state index in [4.69, 9.17) is 0 Å². The van der Waals surface area contributed by atoms with Gasteiger partial charge < -0.3 is 0 Å². The minimum atomic E-state index is -3.84. The number of hydrogen-bond acceptors (Lipinski definition) is 4. The molecule has 17 heavy (non-hydrogen) atoms. The number of nitrogens with one attached hydrogen (secondary N) is 1. The summed E-state index contributed by atoms with van der Waals surface area (Å²) in [5, 5.41) is 0. The van der Waals surface area contributed by atoms with E-state index in [-0.39, 0.29) is 11.5 Å². The second-order valence-electron chi connectivity index (χ2n) is 3.30. The first kappa shape index (κ1) is 14.1. The van der Waals surface area contributed by atoms with E-state index < -0.39 is 20.0 Å². The molecule has 0 saturated heterocycles. The summed E-state index contributed by atoms with van der Waals surface area (Å²) in [6, 6.07) is 8.40. The highest BCUT2D eigenvalue weighted by Gasteiger charge is 2.17. The van der Waals surface area contributed by atoms with Crippen LogP contribution in [0.3, 0.4) is 0 Å². The van der Waals surface area contributed by atoms with Crippen molar-refractivity contribution in [2.75, 3.05) is 5.75 Å². The van der Waals surface area contributed by atoms with Gasteiger partial charge in [0.2, 0.25) is 20.0 Å². The Morgan fingerprint density at radius 3 is 2.24 bits per heavy atom. The minimum Gasteiger partial charge on any atom is -0.211 e. The number of benzene rings is 1. The molecular formula is C9H13N2O4S2. The molecule has 0 spiro atoms. The van der Waals surface area contributed by atoms with Crippen LogP contribution in [-0.4, -0.2) is 22.6 Å². The van der Waals surface area contributed by atoms with Crippen molar-refractivity contribution >= 4 is 20.0 Å². The van der Waals surface area contributed by atoms with Gasteiger partial charge in [0.25, 0.3) is 0 Å². The van der Waals surface area contributed by atoms with Crippen LogP contribution in [0, 0.1) is 0 Å². The van der Waals surface area contributed by atoms with Crippen molar-refractivity contribution < 1.29 is 16.8 Å². The van der Waals surface area contributed by atoms with Crippen LogP contribution in [0.2, 0.25) is 0 Å². The summed E-state index contributed by atoms with van der Waals surface area (Å²) in [4.78, 5) is 4.71. The SMILES string of the molecule is CCS(=O)(=O)N[N]S(=O)(=O)Cc1ccccc1. The Morgan fingerprint density at radius 1 is 1.12 bits per heavy atom. The molecule has 1 radical (unpaired) electrons. The first-order valence-corrected chi connectivity index (χ1v) is 8.09. The van der Waals surface area contributed by atoms with E-state index in [1.54, 1.807) is 35.2 Å². The van der Waals surface area contributed by atoms with Crippen LogP contribution in [-0.2, 0) is 25.8 Å². The topological polar surface area (TPSA) is 94.4 Å². The number of nitrogens with zero attached hydrogens (tertiary/aromatic N) is 1. The number of rotatable bonds is 6. The molecule has 0 fully saturated rings. The standard InChI is InChI=1S/C9H13N2O4S2/c1-2-16(12,13)10-11-17(14,15)8-9-6-4-3-5-7-9/h3-7,10H,2,8H2,1H3. The van der Waals surface area contributed by atoms with E-state index in [2.05, 4.69) is 4.83 Å². The first-order chi connectivity index (χ1) is 7.85. The Kier molecular flexibility index (Phi) is 4.63.